The van der Waals surface area contributed by atoms with Crippen LogP contribution in [0.3, 0.4) is 0 Å². The highest BCUT2D eigenvalue weighted by Crippen LogP contribution is 2.37. The maximum absolute atomic E-state index is 13.7. The Labute approximate surface area is 180 Å². The average Bonchev–Trinajstić information content (AvgIpc) is 3.47. The Morgan fingerprint density at radius 3 is 2.69 bits per heavy atom. The maximum atomic E-state index is 13.7. The van der Waals surface area contributed by atoms with Crippen LogP contribution in [0, 0.1) is 5.82 Å². The number of aryl methyl sites for hydroxylation is 1. The lowest BCUT2D eigenvalue weighted by molar-refractivity contribution is -0.275. The van der Waals surface area contributed by atoms with E-state index in [4.69, 9.17) is 0 Å². The van der Waals surface area contributed by atoms with Crippen LogP contribution in [0.5, 0.6) is 5.75 Å². The van der Waals surface area contributed by atoms with Gasteiger partial charge in [0.1, 0.15) is 16.4 Å². The standard InChI is InChI=1S/C17H14F4N8O2S/c1-28-13-7(14-15(28)25-12(32-14)2-9-8(18)4-22-26-9)3-24-29(16(13)30)6-10-11(5-23-27-10)31-17(19,20)21/h3-5,16,30H,2,6H2,1H3,(H,22,26)(H,23,27). The van der Waals surface area contributed by atoms with E-state index in [9.17, 15) is 22.7 Å². The van der Waals surface area contributed by atoms with E-state index in [2.05, 4.69) is 35.2 Å². The van der Waals surface area contributed by atoms with E-state index >= 15 is 0 Å². The molecule has 5 heterocycles. The summed E-state index contributed by atoms with van der Waals surface area (Å²) in [4.78, 5) is 4.53. The molecule has 3 N–H and O–H groups in total. The molecule has 4 aromatic rings. The van der Waals surface area contributed by atoms with Crippen LogP contribution in [0.15, 0.2) is 17.5 Å². The first kappa shape index (κ1) is 20.4. The first-order valence-corrected chi connectivity index (χ1v) is 9.96. The molecule has 32 heavy (non-hydrogen) atoms. The van der Waals surface area contributed by atoms with Crippen molar-refractivity contribution in [1.29, 1.82) is 0 Å². The molecule has 10 nitrogen and oxygen atoms in total. The minimum Gasteiger partial charge on any atom is -0.402 e. The van der Waals surface area contributed by atoms with Crippen molar-refractivity contribution >= 4 is 27.9 Å². The Morgan fingerprint density at radius 2 is 1.97 bits per heavy atom. The van der Waals surface area contributed by atoms with Crippen LogP contribution in [0.1, 0.15) is 33.9 Å². The predicted molar refractivity (Wildman–Crippen MR) is 103 cm³/mol. The summed E-state index contributed by atoms with van der Waals surface area (Å²) in [5.41, 5.74) is 1.85. The van der Waals surface area contributed by atoms with Crippen molar-refractivity contribution < 1.29 is 27.4 Å². The lowest BCUT2D eigenvalue weighted by atomic mass is 10.2. The van der Waals surface area contributed by atoms with Crippen LogP contribution < -0.4 is 4.74 Å². The molecule has 168 valence electrons. The van der Waals surface area contributed by atoms with Gasteiger partial charge in [0.05, 0.1) is 35.5 Å². The molecular formula is C17H14F4N8O2S. The highest BCUT2D eigenvalue weighted by Gasteiger charge is 2.35. The smallest absolute Gasteiger partial charge is 0.402 e. The van der Waals surface area contributed by atoms with Gasteiger partial charge >= 0.3 is 6.36 Å². The number of aromatic nitrogens is 6. The zero-order valence-electron chi connectivity index (χ0n) is 16.2. The van der Waals surface area contributed by atoms with Gasteiger partial charge in [0.15, 0.2) is 23.4 Å². The van der Waals surface area contributed by atoms with Crippen molar-refractivity contribution in [3.8, 4) is 5.75 Å². The number of aliphatic hydroxyl groups excluding tert-OH is 1. The van der Waals surface area contributed by atoms with Crippen LogP contribution >= 0.6 is 11.3 Å². The number of aliphatic hydroxyl groups is 1. The Morgan fingerprint density at radius 1 is 1.22 bits per heavy atom. The predicted octanol–water partition coefficient (Wildman–Crippen LogP) is 2.55. The quantitative estimate of drug-likeness (QED) is 0.386. The number of fused-ring (bicyclic) bond motifs is 3. The van der Waals surface area contributed by atoms with Gasteiger partial charge in [-0.1, -0.05) is 0 Å². The number of rotatable bonds is 5. The van der Waals surface area contributed by atoms with E-state index in [1.807, 2.05) is 0 Å². The largest absolute Gasteiger partial charge is 0.573 e. The first-order valence-electron chi connectivity index (χ1n) is 9.14. The van der Waals surface area contributed by atoms with Crippen LogP contribution in [-0.2, 0) is 20.0 Å². The molecule has 4 aromatic heterocycles. The Kier molecular flexibility index (Phi) is 4.67. The number of H-pyrrole nitrogens is 2. The van der Waals surface area contributed by atoms with Crippen LogP contribution in [-0.4, -0.2) is 52.6 Å². The summed E-state index contributed by atoms with van der Waals surface area (Å²) in [5, 5.41) is 29.3. The molecule has 5 rings (SSSR count). The molecule has 1 aliphatic heterocycles. The van der Waals surface area contributed by atoms with Gasteiger partial charge in [-0.2, -0.15) is 15.3 Å². The molecule has 0 saturated heterocycles. The van der Waals surface area contributed by atoms with Gasteiger partial charge in [-0.25, -0.2) is 9.37 Å². The number of hydrogen-bond acceptors (Lipinski definition) is 8. The zero-order valence-corrected chi connectivity index (χ0v) is 17.0. The van der Waals surface area contributed by atoms with Crippen molar-refractivity contribution in [3.05, 3.63) is 45.9 Å². The van der Waals surface area contributed by atoms with E-state index in [1.54, 1.807) is 11.6 Å². The summed E-state index contributed by atoms with van der Waals surface area (Å²) < 4.78 is 57.7. The molecule has 0 radical (unpaired) electrons. The first-order chi connectivity index (χ1) is 15.2. The number of halogens is 4. The fourth-order valence-corrected chi connectivity index (χ4v) is 4.62. The van der Waals surface area contributed by atoms with Gasteiger partial charge in [0.2, 0.25) is 0 Å². The molecule has 1 aliphatic rings. The SMILES string of the molecule is Cn1c2c(c3sc(Cc4n[nH]cc4F)nc31)C=NN(Cc1n[nH]cc1OC(F)(F)F)C2O. The Bertz CT molecular complexity index is 1320. The molecule has 0 fully saturated rings. The average molecular weight is 470 g/mol. The molecular weight excluding hydrogens is 456 g/mol. The fourth-order valence-electron chi connectivity index (χ4n) is 3.50. The van der Waals surface area contributed by atoms with Crippen LogP contribution in [0.4, 0.5) is 17.6 Å². The van der Waals surface area contributed by atoms with Crippen LogP contribution in [0.25, 0.3) is 10.3 Å². The molecule has 0 aliphatic carbocycles. The summed E-state index contributed by atoms with van der Waals surface area (Å²) in [6.07, 6.45) is -2.30. The summed E-state index contributed by atoms with van der Waals surface area (Å²) in [6.45, 7) is -0.234. The van der Waals surface area contributed by atoms with E-state index < -0.39 is 24.2 Å². The number of hydrogen-bond donors (Lipinski definition) is 3. The van der Waals surface area contributed by atoms with Gasteiger partial charge in [-0.15, -0.1) is 24.5 Å². The Hall–Kier alpha value is -3.46. The number of thiazole rings is 1. The third-order valence-corrected chi connectivity index (χ3v) is 6.00. The van der Waals surface area contributed by atoms with Crippen molar-refractivity contribution in [2.24, 2.45) is 12.1 Å². The second-order valence-corrected chi connectivity index (χ2v) is 8.02. The summed E-state index contributed by atoms with van der Waals surface area (Å²) in [6, 6.07) is 0. The number of ether oxygens (including phenoxy) is 1. The number of alkyl halides is 3. The molecule has 15 heteroatoms. The monoisotopic (exact) mass is 470 g/mol. The van der Waals surface area contributed by atoms with Gasteiger partial charge in [-0.3, -0.25) is 15.2 Å². The maximum Gasteiger partial charge on any atom is 0.573 e. The number of nitrogens with zero attached hydrogens (tertiary/aromatic N) is 6. The lowest BCUT2D eigenvalue weighted by Crippen LogP contribution is -2.29. The minimum absolute atomic E-state index is 0.0700. The molecule has 1 unspecified atom stereocenters. The molecule has 0 saturated carbocycles. The van der Waals surface area contributed by atoms with E-state index in [-0.39, 0.29) is 24.4 Å². The van der Waals surface area contributed by atoms with Crippen molar-refractivity contribution in [2.45, 2.75) is 25.6 Å². The molecule has 0 bridgehead atoms. The molecule has 0 amide bonds. The van der Waals surface area contributed by atoms with Gasteiger partial charge in [0.25, 0.3) is 0 Å². The van der Waals surface area contributed by atoms with Gasteiger partial charge in [-0.05, 0) is 0 Å². The fraction of sp³-hybridized carbons (Fsp3) is 0.294. The third kappa shape index (κ3) is 3.48. The number of aromatic amines is 2. The Balaban J connectivity index is 1.42. The zero-order chi connectivity index (χ0) is 22.6. The lowest BCUT2D eigenvalue weighted by Gasteiger charge is -2.28. The molecule has 0 spiro atoms. The number of nitrogens with one attached hydrogen (secondary N) is 2. The van der Waals surface area contributed by atoms with Crippen molar-refractivity contribution in [3.63, 3.8) is 0 Å². The van der Waals surface area contributed by atoms with E-state index in [0.29, 0.717) is 21.9 Å². The highest BCUT2D eigenvalue weighted by atomic mass is 32.1. The van der Waals surface area contributed by atoms with E-state index in [0.717, 1.165) is 17.1 Å². The number of hydrazone groups is 1. The van der Waals surface area contributed by atoms with Crippen LogP contribution in [0.2, 0.25) is 0 Å². The minimum atomic E-state index is -4.87. The molecule has 1 atom stereocenters. The summed E-state index contributed by atoms with van der Waals surface area (Å²) in [7, 11) is 1.70. The molecule has 0 aromatic carbocycles. The normalized spacial score (nSPS) is 16.2. The summed E-state index contributed by atoms with van der Waals surface area (Å²) in [5.74, 6) is -0.957. The van der Waals surface area contributed by atoms with Gasteiger partial charge in [0, 0.05) is 19.0 Å². The summed E-state index contributed by atoms with van der Waals surface area (Å²) >= 11 is 1.32. The van der Waals surface area contributed by atoms with Gasteiger partial charge < -0.3 is 14.4 Å². The topological polar surface area (TPSA) is 120 Å². The van der Waals surface area contributed by atoms with Crippen molar-refractivity contribution in [2.75, 3.05) is 0 Å². The van der Waals surface area contributed by atoms with E-state index in [1.165, 1.54) is 22.6 Å². The second-order valence-electron chi connectivity index (χ2n) is 6.93. The second kappa shape index (κ2) is 7.30. The highest BCUT2D eigenvalue weighted by molar-refractivity contribution is 7.19. The van der Waals surface area contributed by atoms with Crippen molar-refractivity contribution in [1.82, 2.24) is 35.0 Å². The third-order valence-electron chi connectivity index (χ3n) is 4.92.